The molecule has 0 radical (unpaired) electrons. The first kappa shape index (κ1) is 11.9. The van der Waals surface area contributed by atoms with Crippen molar-refractivity contribution < 1.29 is 29.1 Å². The van der Waals surface area contributed by atoms with E-state index in [4.69, 9.17) is 15.1 Å². The van der Waals surface area contributed by atoms with E-state index in [0.29, 0.717) is 13.2 Å². The first-order valence-corrected chi connectivity index (χ1v) is 4.49. The number of rotatable bonds is 7. The number of aliphatic hydroxyl groups excluding tert-OH is 1. The molecular weight excluding hydrogens is 187 g/mol. The summed E-state index contributed by atoms with van der Waals surface area (Å²) in [5.74, 6) is -1.30. The van der Waals surface area contributed by atoms with Crippen LogP contribution in [0.2, 0.25) is 0 Å². The molecule has 2 N–H and O–H groups in total. The molecule has 0 fully saturated rings. The van der Waals surface area contributed by atoms with E-state index in [2.05, 4.69) is 9.41 Å². The van der Waals surface area contributed by atoms with E-state index >= 15 is 0 Å². The fraction of sp³-hybridized carbons (Fsp3) is 1.00. The van der Waals surface area contributed by atoms with E-state index in [-0.39, 0.29) is 6.61 Å². The second-order valence-electron chi connectivity index (χ2n) is 1.92. The molecule has 0 aromatic carbocycles. The van der Waals surface area contributed by atoms with Gasteiger partial charge < -0.3 is 14.6 Å². The maximum absolute atomic E-state index is 10.5. The minimum absolute atomic E-state index is 0.154. The molecule has 0 bridgehead atoms. The van der Waals surface area contributed by atoms with Crippen LogP contribution in [-0.2, 0) is 18.7 Å². The van der Waals surface area contributed by atoms with Gasteiger partial charge in [-0.2, -0.15) is 0 Å². The normalized spacial score (nSPS) is 14.4. The lowest BCUT2D eigenvalue weighted by Gasteiger charge is -2.00. The average molecular weight is 199 g/mol. The summed E-state index contributed by atoms with van der Waals surface area (Å²) >= 11 is 0. The second kappa shape index (κ2) is 7.54. The van der Waals surface area contributed by atoms with Crippen molar-refractivity contribution in [2.24, 2.45) is 0 Å². The van der Waals surface area contributed by atoms with Gasteiger partial charge in [0.25, 0.3) is 0 Å². The molecule has 6 nitrogen and oxygen atoms in total. The number of ether oxygens (including phenoxy) is 2. The fourth-order valence-electron chi connectivity index (χ4n) is 0.446. The Morgan fingerprint density at radius 1 is 1.50 bits per heavy atom. The van der Waals surface area contributed by atoms with Crippen molar-refractivity contribution in [2.75, 3.05) is 26.9 Å². The Hall–Kier alpha value is -0.100. The van der Waals surface area contributed by atoms with E-state index in [1.165, 1.54) is 7.11 Å². The van der Waals surface area contributed by atoms with Gasteiger partial charge in [-0.25, -0.2) is 5.26 Å². The van der Waals surface area contributed by atoms with Crippen LogP contribution in [0, 0.1) is 0 Å². The standard InChI is InChI=1S/C5H11O6P/c1-9-2-3-10-4-5(6)12(8)11-7/h5-6H,2-4H2,1H3/p+1. The van der Waals surface area contributed by atoms with Crippen molar-refractivity contribution in [1.29, 1.82) is 0 Å². The molecule has 0 aliphatic heterocycles. The molecule has 0 saturated carbocycles. The SMILES string of the molecule is COCCOCC(O)[P+](=O)OO. The van der Waals surface area contributed by atoms with Crippen molar-refractivity contribution in [1.82, 2.24) is 0 Å². The Morgan fingerprint density at radius 3 is 2.67 bits per heavy atom. The van der Waals surface area contributed by atoms with Crippen LogP contribution >= 0.6 is 8.03 Å². The monoisotopic (exact) mass is 199 g/mol. The molecule has 0 amide bonds. The number of hydrogen-bond acceptors (Lipinski definition) is 6. The molecule has 0 rings (SSSR count). The quantitative estimate of drug-likeness (QED) is 0.263. The molecule has 0 aromatic heterocycles. The molecule has 0 spiro atoms. The number of hydrogen-bond donors (Lipinski definition) is 2. The van der Waals surface area contributed by atoms with Crippen molar-refractivity contribution in [3.63, 3.8) is 0 Å². The zero-order valence-corrected chi connectivity index (χ0v) is 7.57. The van der Waals surface area contributed by atoms with Gasteiger partial charge >= 0.3 is 13.9 Å². The van der Waals surface area contributed by atoms with Crippen LogP contribution in [-0.4, -0.2) is 43.1 Å². The average Bonchev–Trinajstić information content (AvgIpc) is 2.10. The van der Waals surface area contributed by atoms with Crippen LogP contribution in [0.15, 0.2) is 0 Å². The molecule has 0 aliphatic rings. The van der Waals surface area contributed by atoms with Crippen LogP contribution in [0.1, 0.15) is 0 Å². The van der Waals surface area contributed by atoms with Gasteiger partial charge in [-0.05, 0) is 4.57 Å². The Bertz CT molecular complexity index is 129. The molecule has 2 atom stereocenters. The molecule has 7 heteroatoms. The van der Waals surface area contributed by atoms with Crippen molar-refractivity contribution >= 4 is 8.03 Å². The van der Waals surface area contributed by atoms with Gasteiger partial charge in [0.15, 0.2) is 0 Å². The van der Waals surface area contributed by atoms with Gasteiger partial charge in [0.2, 0.25) is 0 Å². The van der Waals surface area contributed by atoms with Crippen LogP contribution in [0.5, 0.6) is 0 Å². The first-order valence-electron chi connectivity index (χ1n) is 3.25. The van der Waals surface area contributed by atoms with E-state index in [9.17, 15) is 4.57 Å². The minimum atomic E-state index is -2.47. The molecule has 0 saturated heterocycles. The lowest BCUT2D eigenvalue weighted by molar-refractivity contribution is -0.135. The summed E-state index contributed by atoms with van der Waals surface area (Å²) in [4.78, 5) is 0. The van der Waals surface area contributed by atoms with E-state index in [1.54, 1.807) is 0 Å². The summed E-state index contributed by atoms with van der Waals surface area (Å²) in [6, 6.07) is 0. The second-order valence-corrected chi connectivity index (χ2v) is 3.25. The van der Waals surface area contributed by atoms with E-state index in [0.717, 1.165) is 0 Å². The van der Waals surface area contributed by atoms with Crippen LogP contribution < -0.4 is 0 Å². The summed E-state index contributed by atoms with van der Waals surface area (Å²) in [5, 5.41) is 16.8. The topological polar surface area (TPSA) is 85.2 Å². The van der Waals surface area contributed by atoms with Gasteiger partial charge in [0, 0.05) is 11.8 Å². The molecule has 0 aromatic rings. The molecule has 0 heterocycles. The maximum Gasteiger partial charge on any atom is 0.573 e. The molecule has 72 valence electrons. The fourth-order valence-corrected chi connectivity index (χ4v) is 0.782. The summed E-state index contributed by atoms with van der Waals surface area (Å²) in [5.41, 5.74) is 0. The van der Waals surface area contributed by atoms with Crippen molar-refractivity contribution in [2.45, 2.75) is 5.85 Å². The predicted molar refractivity (Wildman–Crippen MR) is 40.0 cm³/mol. The molecule has 2 unspecified atom stereocenters. The lowest BCUT2D eigenvalue weighted by Crippen LogP contribution is -2.13. The van der Waals surface area contributed by atoms with Crippen LogP contribution in [0.3, 0.4) is 0 Å². The molecule has 12 heavy (non-hydrogen) atoms. The summed E-state index contributed by atoms with van der Waals surface area (Å²) in [6.45, 7) is 0.533. The largest absolute Gasteiger partial charge is 0.573 e. The Balaban J connectivity index is 3.31. The summed E-state index contributed by atoms with van der Waals surface area (Å²) < 4.78 is 23.4. The van der Waals surface area contributed by atoms with E-state index in [1.807, 2.05) is 0 Å². The third-order valence-electron chi connectivity index (χ3n) is 1.02. The number of methoxy groups -OCH3 is 1. The molecular formula is C5H12O6P+. The minimum Gasteiger partial charge on any atom is -0.382 e. The highest BCUT2D eigenvalue weighted by Crippen LogP contribution is 2.25. The third-order valence-corrected chi connectivity index (χ3v) is 1.82. The lowest BCUT2D eigenvalue weighted by atomic mass is 10.7. The smallest absolute Gasteiger partial charge is 0.382 e. The van der Waals surface area contributed by atoms with Crippen molar-refractivity contribution in [3.05, 3.63) is 0 Å². The summed E-state index contributed by atoms with van der Waals surface area (Å²) in [7, 11) is -0.954. The van der Waals surface area contributed by atoms with Gasteiger partial charge in [-0.15, -0.1) is 0 Å². The van der Waals surface area contributed by atoms with E-state index < -0.39 is 13.9 Å². The summed E-state index contributed by atoms with van der Waals surface area (Å²) in [6.07, 6.45) is 0. The first-order chi connectivity index (χ1) is 5.72. The highest BCUT2D eigenvalue weighted by molar-refractivity contribution is 7.39. The molecule has 0 aliphatic carbocycles. The number of aliphatic hydroxyl groups is 1. The third kappa shape index (κ3) is 5.54. The van der Waals surface area contributed by atoms with Crippen LogP contribution in [0.4, 0.5) is 0 Å². The maximum atomic E-state index is 10.5. The zero-order valence-electron chi connectivity index (χ0n) is 6.67. The Morgan fingerprint density at radius 2 is 2.17 bits per heavy atom. The van der Waals surface area contributed by atoms with Gasteiger partial charge in [-0.3, -0.25) is 0 Å². The van der Waals surface area contributed by atoms with Crippen molar-refractivity contribution in [3.8, 4) is 0 Å². The predicted octanol–water partition coefficient (Wildman–Crippen LogP) is 0.200. The van der Waals surface area contributed by atoms with Gasteiger partial charge in [0.05, 0.1) is 13.2 Å². The van der Waals surface area contributed by atoms with Gasteiger partial charge in [0.1, 0.15) is 6.61 Å². The van der Waals surface area contributed by atoms with Gasteiger partial charge in [-0.1, -0.05) is 0 Å². The Kier molecular flexibility index (Phi) is 7.48. The highest BCUT2D eigenvalue weighted by atomic mass is 31.1. The highest BCUT2D eigenvalue weighted by Gasteiger charge is 2.30. The Labute approximate surface area is 70.8 Å². The van der Waals surface area contributed by atoms with Crippen LogP contribution in [0.25, 0.3) is 0 Å². The zero-order chi connectivity index (χ0) is 9.40.